The maximum atomic E-state index is 11.9. The van der Waals surface area contributed by atoms with Gasteiger partial charge in [0.15, 0.2) is 0 Å². The second-order valence-electron chi connectivity index (χ2n) is 6.63. The number of hydrogen-bond donors (Lipinski definition) is 3. The monoisotopic (exact) mass is 295 g/mol. The van der Waals surface area contributed by atoms with Crippen molar-refractivity contribution in [3.63, 3.8) is 0 Å². The lowest BCUT2D eigenvalue weighted by atomic mass is 9.87. The van der Waals surface area contributed by atoms with Crippen molar-refractivity contribution in [2.24, 2.45) is 5.92 Å². The lowest BCUT2D eigenvalue weighted by molar-refractivity contribution is -0.125. The summed E-state index contributed by atoms with van der Waals surface area (Å²) < 4.78 is 0. The molecule has 21 heavy (non-hydrogen) atoms. The fraction of sp³-hybridized carbons (Fsp3) is 0.800. The van der Waals surface area contributed by atoms with Crippen molar-refractivity contribution in [2.45, 2.75) is 70.4 Å². The number of urea groups is 1. The molecule has 6 heteroatoms. The zero-order valence-corrected chi connectivity index (χ0v) is 12.8. The van der Waals surface area contributed by atoms with Crippen LogP contribution in [0.25, 0.3) is 0 Å². The highest BCUT2D eigenvalue weighted by atomic mass is 16.2. The first-order chi connectivity index (χ1) is 9.89. The third-order valence-corrected chi connectivity index (χ3v) is 4.50. The molecule has 2 fully saturated rings. The van der Waals surface area contributed by atoms with Gasteiger partial charge in [-0.05, 0) is 38.5 Å². The molecule has 3 N–H and O–H groups in total. The summed E-state index contributed by atoms with van der Waals surface area (Å²) in [5.74, 6) is 0.414. The zero-order chi connectivity index (χ0) is 15.5. The fourth-order valence-corrected chi connectivity index (χ4v) is 3.22. The third kappa shape index (κ3) is 4.19. The van der Waals surface area contributed by atoms with Crippen LogP contribution in [0.3, 0.4) is 0 Å². The van der Waals surface area contributed by atoms with E-state index < -0.39 is 11.6 Å². The predicted molar refractivity (Wildman–Crippen MR) is 78.5 cm³/mol. The Morgan fingerprint density at radius 2 is 2.14 bits per heavy atom. The summed E-state index contributed by atoms with van der Waals surface area (Å²) in [6, 6.07) is -0.158. The third-order valence-electron chi connectivity index (χ3n) is 4.50. The van der Waals surface area contributed by atoms with Crippen molar-refractivity contribution >= 4 is 17.8 Å². The van der Waals surface area contributed by atoms with Crippen LogP contribution >= 0.6 is 0 Å². The summed E-state index contributed by atoms with van der Waals surface area (Å²) in [6.45, 7) is 3.91. The van der Waals surface area contributed by atoms with Crippen LogP contribution in [0.15, 0.2) is 0 Å². The molecule has 1 saturated heterocycles. The topological polar surface area (TPSA) is 87.3 Å². The number of rotatable bonds is 5. The predicted octanol–water partition coefficient (Wildman–Crippen LogP) is 1.45. The van der Waals surface area contributed by atoms with Crippen LogP contribution in [-0.2, 0) is 9.59 Å². The molecule has 118 valence electrons. The van der Waals surface area contributed by atoms with Gasteiger partial charge in [-0.25, -0.2) is 4.79 Å². The van der Waals surface area contributed by atoms with Gasteiger partial charge in [0.2, 0.25) is 5.91 Å². The Labute approximate surface area is 125 Å². The standard InChI is InChI=1S/C15H25N3O3/c1-10-5-3-6-11(9-10)16-12(19)7-4-8-15(2)13(20)17-14(21)18-15/h10-11H,3-9H2,1-2H3,(H,16,19)(H2,17,18,20,21)/t10-,11-,15-/m1/s1. The molecule has 0 radical (unpaired) electrons. The molecule has 6 nitrogen and oxygen atoms in total. The molecule has 0 aromatic rings. The van der Waals surface area contributed by atoms with Gasteiger partial charge in [-0.2, -0.15) is 0 Å². The number of amides is 4. The summed E-state index contributed by atoms with van der Waals surface area (Å²) in [6.07, 6.45) is 5.99. The minimum Gasteiger partial charge on any atom is -0.353 e. The summed E-state index contributed by atoms with van der Waals surface area (Å²) in [5.41, 5.74) is -0.878. The summed E-state index contributed by atoms with van der Waals surface area (Å²) in [7, 11) is 0. The summed E-state index contributed by atoms with van der Waals surface area (Å²) >= 11 is 0. The van der Waals surface area contributed by atoms with Crippen molar-refractivity contribution in [1.82, 2.24) is 16.0 Å². The largest absolute Gasteiger partial charge is 0.353 e. The van der Waals surface area contributed by atoms with E-state index in [1.807, 2.05) is 0 Å². The fourth-order valence-electron chi connectivity index (χ4n) is 3.22. The maximum Gasteiger partial charge on any atom is 0.322 e. The van der Waals surface area contributed by atoms with Gasteiger partial charge in [-0.1, -0.05) is 19.8 Å². The summed E-state index contributed by atoms with van der Waals surface area (Å²) in [5, 5.41) is 7.92. The Kier molecular flexibility index (Phi) is 4.85. The molecule has 0 aromatic carbocycles. The molecule has 2 rings (SSSR count). The van der Waals surface area contributed by atoms with Gasteiger partial charge >= 0.3 is 6.03 Å². The van der Waals surface area contributed by atoms with E-state index in [1.54, 1.807) is 6.92 Å². The number of imide groups is 1. The number of nitrogens with one attached hydrogen (secondary N) is 3. The molecule has 0 aromatic heterocycles. The lowest BCUT2D eigenvalue weighted by Crippen LogP contribution is -2.44. The maximum absolute atomic E-state index is 11.9. The highest BCUT2D eigenvalue weighted by Crippen LogP contribution is 2.24. The Morgan fingerprint density at radius 1 is 1.38 bits per heavy atom. The van der Waals surface area contributed by atoms with E-state index in [4.69, 9.17) is 0 Å². The normalized spacial score (nSPS) is 32.5. The molecule has 4 amide bonds. The van der Waals surface area contributed by atoms with Crippen LogP contribution in [0.2, 0.25) is 0 Å². The van der Waals surface area contributed by atoms with E-state index in [2.05, 4.69) is 22.9 Å². The van der Waals surface area contributed by atoms with Crippen molar-refractivity contribution in [2.75, 3.05) is 0 Å². The molecule has 1 heterocycles. The second-order valence-corrected chi connectivity index (χ2v) is 6.63. The van der Waals surface area contributed by atoms with Crippen molar-refractivity contribution in [3.8, 4) is 0 Å². The van der Waals surface area contributed by atoms with E-state index in [-0.39, 0.29) is 11.8 Å². The first-order valence-electron chi connectivity index (χ1n) is 7.82. The number of carbonyl (C=O) groups excluding carboxylic acids is 3. The molecule has 1 saturated carbocycles. The van der Waals surface area contributed by atoms with Crippen LogP contribution in [-0.4, -0.2) is 29.4 Å². The molecule has 1 aliphatic carbocycles. The van der Waals surface area contributed by atoms with E-state index >= 15 is 0 Å². The van der Waals surface area contributed by atoms with Gasteiger partial charge in [0.25, 0.3) is 5.91 Å². The quantitative estimate of drug-likeness (QED) is 0.671. The van der Waals surface area contributed by atoms with E-state index in [0.717, 1.165) is 12.8 Å². The van der Waals surface area contributed by atoms with Gasteiger partial charge < -0.3 is 10.6 Å². The molecular weight excluding hydrogens is 270 g/mol. The highest BCUT2D eigenvalue weighted by Gasteiger charge is 2.41. The molecule has 3 atom stereocenters. The first kappa shape index (κ1) is 15.8. The molecular formula is C15H25N3O3. The molecule has 0 unspecified atom stereocenters. The van der Waals surface area contributed by atoms with Crippen LogP contribution in [0.4, 0.5) is 4.79 Å². The Hall–Kier alpha value is -1.59. The average Bonchev–Trinajstić information content (AvgIpc) is 2.62. The minimum atomic E-state index is -0.878. The second kappa shape index (κ2) is 6.45. The van der Waals surface area contributed by atoms with Gasteiger partial charge in [0, 0.05) is 12.5 Å². The van der Waals surface area contributed by atoms with E-state index in [0.29, 0.717) is 31.2 Å². The van der Waals surface area contributed by atoms with Gasteiger partial charge in [-0.15, -0.1) is 0 Å². The molecule has 1 aliphatic heterocycles. The van der Waals surface area contributed by atoms with Crippen molar-refractivity contribution in [3.05, 3.63) is 0 Å². The van der Waals surface area contributed by atoms with E-state index in [1.165, 1.54) is 12.8 Å². The lowest BCUT2D eigenvalue weighted by Gasteiger charge is -2.27. The first-order valence-corrected chi connectivity index (χ1v) is 7.82. The van der Waals surface area contributed by atoms with Crippen LogP contribution in [0.1, 0.15) is 58.8 Å². The van der Waals surface area contributed by atoms with Crippen LogP contribution in [0.5, 0.6) is 0 Å². The Bertz CT molecular complexity index is 438. The van der Waals surface area contributed by atoms with Crippen molar-refractivity contribution in [1.29, 1.82) is 0 Å². The molecule has 0 bridgehead atoms. The highest BCUT2D eigenvalue weighted by molar-refractivity contribution is 6.06. The molecule has 0 spiro atoms. The number of carbonyl (C=O) groups is 3. The van der Waals surface area contributed by atoms with Gasteiger partial charge in [-0.3, -0.25) is 14.9 Å². The van der Waals surface area contributed by atoms with Gasteiger partial charge in [0.1, 0.15) is 5.54 Å². The Morgan fingerprint density at radius 3 is 2.76 bits per heavy atom. The van der Waals surface area contributed by atoms with E-state index in [9.17, 15) is 14.4 Å². The smallest absolute Gasteiger partial charge is 0.322 e. The Balaban J connectivity index is 1.69. The average molecular weight is 295 g/mol. The summed E-state index contributed by atoms with van der Waals surface area (Å²) in [4.78, 5) is 34.7. The SMILES string of the molecule is C[C@@H]1CCC[C@@H](NC(=O)CCC[C@@]2(C)NC(=O)NC2=O)C1. The van der Waals surface area contributed by atoms with Crippen molar-refractivity contribution < 1.29 is 14.4 Å². The molecule has 2 aliphatic rings. The number of hydrogen-bond acceptors (Lipinski definition) is 3. The van der Waals surface area contributed by atoms with Gasteiger partial charge in [0.05, 0.1) is 0 Å². The van der Waals surface area contributed by atoms with Crippen LogP contribution in [0, 0.1) is 5.92 Å². The zero-order valence-electron chi connectivity index (χ0n) is 12.8. The minimum absolute atomic E-state index is 0.0439. The van der Waals surface area contributed by atoms with Crippen LogP contribution < -0.4 is 16.0 Å².